The molecule has 0 amide bonds. The van der Waals surface area contributed by atoms with Crippen molar-refractivity contribution in [3.05, 3.63) is 12.2 Å². The second-order valence-electron chi connectivity index (χ2n) is 5.79. The van der Waals surface area contributed by atoms with Crippen LogP contribution in [0.4, 0.5) is 0 Å². The topological polar surface area (TPSA) is 54.2 Å². The van der Waals surface area contributed by atoms with Crippen molar-refractivity contribution in [3.8, 4) is 0 Å². The van der Waals surface area contributed by atoms with Crippen molar-refractivity contribution in [2.45, 2.75) is 50.6 Å². The van der Waals surface area contributed by atoms with E-state index in [1.807, 2.05) is 0 Å². The standard InChI is InChI=1S/C13H22N4O/c1-11-8-15-13(5-2-3-6-13)9-17(11)7-4-12-14-10-18-16-12/h10-11,15H,2-9H2,1H3. The molecule has 18 heavy (non-hydrogen) atoms. The molecule has 2 aliphatic rings. The summed E-state index contributed by atoms with van der Waals surface area (Å²) >= 11 is 0. The van der Waals surface area contributed by atoms with Gasteiger partial charge in [0.15, 0.2) is 5.82 Å². The van der Waals surface area contributed by atoms with Crippen molar-refractivity contribution in [2.75, 3.05) is 19.6 Å². The molecule has 1 N–H and O–H groups in total. The van der Waals surface area contributed by atoms with Gasteiger partial charge in [0.05, 0.1) is 0 Å². The van der Waals surface area contributed by atoms with E-state index in [4.69, 9.17) is 4.52 Å². The van der Waals surface area contributed by atoms with Gasteiger partial charge in [0, 0.05) is 37.6 Å². The fraction of sp³-hybridized carbons (Fsp3) is 0.846. The first-order valence-electron chi connectivity index (χ1n) is 7.02. The van der Waals surface area contributed by atoms with Gasteiger partial charge >= 0.3 is 0 Å². The molecule has 0 aromatic carbocycles. The van der Waals surface area contributed by atoms with E-state index in [-0.39, 0.29) is 0 Å². The molecule has 1 aromatic rings. The normalized spacial score (nSPS) is 27.9. The van der Waals surface area contributed by atoms with E-state index >= 15 is 0 Å². The third-order valence-corrected chi connectivity index (χ3v) is 4.49. The highest BCUT2D eigenvalue weighted by Crippen LogP contribution is 2.33. The molecule has 1 atom stereocenters. The monoisotopic (exact) mass is 250 g/mol. The lowest BCUT2D eigenvalue weighted by Crippen LogP contribution is -2.62. The molecule has 5 heteroatoms. The van der Waals surface area contributed by atoms with E-state index in [9.17, 15) is 0 Å². The van der Waals surface area contributed by atoms with Crippen LogP contribution < -0.4 is 5.32 Å². The largest absolute Gasteiger partial charge is 0.343 e. The van der Waals surface area contributed by atoms with Gasteiger partial charge in [-0.25, -0.2) is 0 Å². The predicted octanol–water partition coefficient (Wildman–Crippen LogP) is 1.22. The molecular weight excluding hydrogens is 228 g/mol. The molecule has 3 rings (SSSR count). The highest BCUT2D eigenvalue weighted by molar-refractivity contribution is 5.00. The van der Waals surface area contributed by atoms with Crippen molar-refractivity contribution in [1.82, 2.24) is 20.4 Å². The minimum absolute atomic E-state index is 0.393. The summed E-state index contributed by atoms with van der Waals surface area (Å²) in [5.74, 6) is 0.821. The average molecular weight is 250 g/mol. The smallest absolute Gasteiger partial charge is 0.213 e. The Labute approximate surface area is 108 Å². The summed E-state index contributed by atoms with van der Waals surface area (Å²) in [7, 11) is 0. The van der Waals surface area contributed by atoms with Gasteiger partial charge in [-0.1, -0.05) is 18.0 Å². The van der Waals surface area contributed by atoms with Crippen LogP contribution in [0.2, 0.25) is 0 Å². The lowest BCUT2D eigenvalue weighted by Gasteiger charge is -2.45. The van der Waals surface area contributed by atoms with E-state index in [0.29, 0.717) is 11.6 Å². The molecule has 2 heterocycles. The first kappa shape index (κ1) is 12.1. The summed E-state index contributed by atoms with van der Waals surface area (Å²) in [6.45, 7) is 5.60. The van der Waals surface area contributed by atoms with E-state index in [1.165, 1.54) is 38.6 Å². The van der Waals surface area contributed by atoms with Gasteiger partial charge in [0.25, 0.3) is 0 Å². The Morgan fingerprint density at radius 2 is 2.33 bits per heavy atom. The number of hydrogen-bond donors (Lipinski definition) is 1. The van der Waals surface area contributed by atoms with Crippen LogP contribution in [0.15, 0.2) is 10.9 Å². The predicted molar refractivity (Wildman–Crippen MR) is 68.2 cm³/mol. The summed E-state index contributed by atoms with van der Waals surface area (Å²) in [6, 6.07) is 0.600. The molecule has 1 aliphatic carbocycles. The summed E-state index contributed by atoms with van der Waals surface area (Å²) in [5, 5.41) is 7.66. The van der Waals surface area contributed by atoms with Crippen LogP contribution in [0.5, 0.6) is 0 Å². The number of hydrogen-bond acceptors (Lipinski definition) is 5. The number of nitrogens with zero attached hydrogens (tertiary/aromatic N) is 3. The number of nitrogens with one attached hydrogen (secondary N) is 1. The Kier molecular flexibility index (Phi) is 3.35. The average Bonchev–Trinajstić information content (AvgIpc) is 3.03. The highest BCUT2D eigenvalue weighted by Gasteiger charge is 2.39. The molecule has 0 radical (unpaired) electrons. The Balaban J connectivity index is 1.59. The van der Waals surface area contributed by atoms with Crippen LogP contribution in [-0.4, -0.2) is 46.3 Å². The second kappa shape index (κ2) is 4.97. The van der Waals surface area contributed by atoms with E-state index in [2.05, 4.69) is 27.3 Å². The van der Waals surface area contributed by atoms with Crippen molar-refractivity contribution in [2.24, 2.45) is 0 Å². The molecule has 2 fully saturated rings. The molecule has 1 spiro atoms. The zero-order valence-corrected chi connectivity index (χ0v) is 11.1. The number of piperazine rings is 1. The van der Waals surface area contributed by atoms with E-state index in [0.717, 1.165) is 25.3 Å². The lowest BCUT2D eigenvalue weighted by molar-refractivity contribution is 0.0897. The molecule has 1 aromatic heterocycles. The zero-order valence-electron chi connectivity index (χ0n) is 11.1. The van der Waals surface area contributed by atoms with E-state index in [1.54, 1.807) is 0 Å². The molecule has 100 valence electrons. The minimum Gasteiger partial charge on any atom is -0.343 e. The zero-order chi connectivity index (χ0) is 12.4. The quantitative estimate of drug-likeness (QED) is 0.874. The molecular formula is C13H22N4O. The van der Waals surface area contributed by atoms with Crippen LogP contribution in [0.25, 0.3) is 0 Å². The van der Waals surface area contributed by atoms with Crippen LogP contribution >= 0.6 is 0 Å². The number of aromatic nitrogens is 2. The second-order valence-corrected chi connectivity index (χ2v) is 5.79. The number of rotatable bonds is 3. The van der Waals surface area contributed by atoms with Crippen LogP contribution in [-0.2, 0) is 6.42 Å². The molecule has 1 saturated carbocycles. The Morgan fingerprint density at radius 3 is 3.06 bits per heavy atom. The fourth-order valence-electron chi connectivity index (χ4n) is 3.33. The van der Waals surface area contributed by atoms with Gasteiger partial charge in [-0.2, -0.15) is 4.98 Å². The third kappa shape index (κ3) is 2.42. The molecule has 1 saturated heterocycles. The van der Waals surface area contributed by atoms with Crippen LogP contribution in [0, 0.1) is 0 Å². The summed E-state index contributed by atoms with van der Waals surface area (Å²) in [6.07, 6.45) is 7.71. The Bertz CT molecular complexity index is 372. The maximum atomic E-state index is 4.78. The van der Waals surface area contributed by atoms with Gasteiger partial charge in [-0.15, -0.1) is 0 Å². The molecule has 0 bridgehead atoms. The maximum Gasteiger partial charge on any atom is 0.213 e. The SMILES string of the molecule is CC1CNC2(CCCC2)CN1CCc1ncon1. The molecule has 1 unspecified atom stereocenters. The van der Waals surface area contributed by atoms with Gasteiger partial charge in [0.2, 0.25) is 6.39 Å². The third-order valence-electron chi connectivity index (χ3n) is 4.49. The Hall–Kier alpha value is -0.940. The maximum absolute atomic E-state index is 4.78. The van der Waals surface area contributed by atoms with E-state index < -0.39 is 0 Å². The van der Waals surface area contributed by atoms with Gasteiger partial charge < -0.3 is 9.84 Å². The molecule has 1 aliphatic heterocycles. The Morgan fingerprint density at radius 1 is 1.50 bits per heavy atom. The van der Waals surface area contributed by atoms with Crippen LogP contribution in [0.1, 0.15) is 38.4 Å². The van der Waals surface area contributed by atoms with Gasteiger partial charge in [-0.05, 0) is 19.8 Å². The van der Waals surface area contributed by atoms with Crippen molar-refractivity contribution < 1.29 is 4.52 Å². The summed E-state index contributed by atoms with van der Waals surface area (Å²) in [5.41, 5.74) is 0.393. The van der Waals surface area contributed by atoms with Crippen molar-refractivity contribution in [1.29, 1.82) is 0 Å². The highest BCUT2D eigenvalue weighted by atomic mass is 16.5. The molecule has 5 nitrogen and oxygen atoms in total. The first-order chi connectivity index (χ1) is 8.77. The summed E-state index contributed by atoms with van der Waals surface area (Å²) < 4.78 is 4.78. The van der Waals surface area contributed by atoms with Gasteiger partial charge in [0.1, 0.15) is 0 Å². The van der Waals surface area contributed by atoms with Gasteiger partial charge in [-0.3, -0.25) is 4.90 Å². The first-order valence-corrected chi connectivity index (χ1v) is 7.02. The fourth-order valence-corrected chi connectivity index (χ4v) is 3.33. The minimum atomic E-state index is 0.393. The van der Waals surface area contributed by atoms with Crippen molar-refractivity contribution in [3.63, 3.8) is 0 Å². The summed E-state index contributed by atoms with van der Waals surface area (Å²) in [4.78, 5) is 6.68. The van der Waals surface area contributed by atoms with Crippen LogP contribution in [0.3, 0.4) is 0 Å². The lowest BCUT2D eigenvalue weighted by atomic mass is 9.92. The van der Waals surface area contributed by atoms with Crippen molar-refractivity contribution >= 4 is 0 Å².